The minimum Gasteiger partial charge on any atom is -0.481 e. The van der Waals surface area contributed by atoms with Gasteiger partial charge in [0.1, 0.15) is 0 Å². The van der Waals surface area contributed by atoms with Crippen LogP contribution in [0.15, 0.2) is 18.5 Å². The molecule has 0 radical (unpaired) electrons. The van der Waals surface area contributed by atoms with Gasteiger partial charge in [0.25, 0.3) is 0 Å². The molecule has 1 aliphatic heterocycles. The molecule has 1 unspecified atom stereocenters. The Bertz CT molecular complexity index is 745. The van der Waals surface area contributed by atoms with Gasteiger partial charge < -0.3 is 15.3 Å². The average Bonchev–Trinajstić information content (AvgIpc) is 2.60. The zero-order valence-electron chi connectivity index (χ0n) is 15.1. The number of carboxylic acids is 1. The Morgan fingerprint density at radius 1 is 1.27 bits per heavy atom. The number of anilines is 2. The number of rotatable bonds is 6. The predicted molar refractivity (Wildman–Crippen MR) is 97.5 cm³/mol. The molecular weight excluding hydrogens is 332 g/mol. The Morgan fingerprint density at radius 2 is 2.04 bits per heavy atom. The van der Waals surface area contributed by atoms with Crippen molar-refractivity contribution in [3.05, 3.63) is 35.5 Å². The molecule has 1 aliphatic rings. The lowest BCUT2D eigenvalue weighted by Gasteiger charge is -2.31. The summed E-state index contributed by atoms with van der Waals surface area (Å²) in [6.45, 7) is 6.21. The third kappa shape index (κ3) is 4.95. The van der Waals surface area contributed by atoms with E-state index in [0.29, 0.717) is 18.3 Å². The summed E-state index contributed by atoms with van der Waals surface area (Å²) < 4.78 is 0. The number of hydrogen-bond donors (Lipinski definition) is 2. The number of nitrogens with zero attached hydrogens (tertiary/aromatic N) is 5. The standard InChI is InChI=1S/C18H24N6O2/c1-12-8-13(2)22-18(21-12)23-16-10-19-15(9-20-16)14-4-3-6-24(11-14)7-5-17(25)26/h8-10,14H,3-7,11H2,1-2H3,(H,25,26)(H,20,21,22,23). The van der Waals surface area contributed by atoms with E-state index in [1.54, 1.807) is 12.4 Å². The Kier molecular flexibility index (Phi) is 5.72. The van der Waals surface area contributed by atoms with Crippen LogP contribution >= 0.6 is 0 Å². The summed E-state index contributed by atoms with van der Waals surface area (Å²) >= 11 is 0. The van der Waals surface area contributed by atoms with Crippen molar-refractivity contribution in [2.75, 3.05) is 25.0 Å². The van der Waals surface area contributed by atoms with E-state index in [1.807, 2.05) is 19.9 Å². The van der Waals surface area contributed by atoms with Crippen molar-refractivity contribution in [1.82, 2.24) is 24.8 Å². The zero-order chi connectivity index (χ0) is 18.5. The zero-order valence-corrected chi connectivity index (χ0v) is 15.1. The van der Waals surface area contributed by atoms with Crippen molar-refractivity contribution in [2.45, 2.75) is 39.0 Å². The summed E-state index contributed by atoms with van der Waals surface area (Å²) in [5, 5.41) is 11.9. The van der Waals surface area contributed by atoms with Crippen LogP contribution in [0.1, 0.15) is 42.3 Å². The minimum absolute atomic E-state index is 0.178. The molecule has 0 bridgehead atoms. The molecule has 26 heavy (non-hydrogen) atoms. The van der Waals surface area contributed by atoms with E-state index in [4.69, 9.17) is 5.11 Å². The predicted octanol–water partition coefficient (Wildman–Crippen LogP) is 2.28. The molecule has 2 aromatic rings. The maximum absolute atomic E-state index is 10.8. The van der Waals surface area contributed by atoms with Gasteiger partial charge in [-0.2, -0.15) is 0 Å². The first-order chi connectivity index (χ1) is 12.5. The molecule has 1 saturated heterocycles. The van der Waals surface area contributed by atoms with Crippen molar-refractivity contribution >= 4 is 17.7 Å². The number of nitrogens with one attached hydrogen (secondary N) is 1. The first-order valence-corrected chi connectivity index (χ1v) is 8.85. The van der Waals surface area contributed by atoms with Crippen LogP contribution in [-0.4, -0.2) is 55.5 Å². The molecule has 138 valence electrons. The monoisotopic (exact) mass is 356 g/mol. The van der Waals surface area contributed by atoms with E-state index in [9.17, 15) is 4.79 Å². The van der Waals surface area contributed by atoms with Crippen LogP contribution in [0.3, 0.4) is 0 Å². The maximum atomic E-state index is 10.8. The highest BCUT2D eigenvalue weighted by atomic mass is 16.4. The second kappa shape index (κ2) is 8.18. The molecule has 1 fully saturated rings. The molecule has 2 N–H and O–H groups in total. The fourth-order valence-corrected chi connectivity index (χ4v) is 3.26. The third-order valence-electron chi connectivity index (χ3n) is 4.46. The SMILES string of the molecule is Cc1cc(C)nc(Nc2cnc(C3CCCN(CCC(=O)O)C3)cn2)n1. The lowest BCUT2D eigenvalue weighted by atomic mass is 9.95. The molecule has 0 spiro atoms. The molecule has 1 atom stereocenters. The Morgan fingerprint density at radius 3 is 2.69 bits per heavy atom. The van der Waals surface area contributed by atoms with E-state index in [0.717, 1.165) is 43.0 Å². The van der Waals surface area contributed by atoms with Crippen molar-refractivity contribution in [1.29, 1.82) is 0 Å². The van der Waals surface area contributed by atoms with Gasteiger partial charge >= 0.3 is 5.97 Å². The molecule has 8 heteroatoms. The lowest BCUT2D eigenvalue weighted by Crippen LogP contribution is -2.36. The molecule has 2 aromatic heterocycles. The number of likely N-dealkylation sites (tertiary alicyclic amines) is 1. The second-order valence-corrected chi connectivity index (χ2v) is 6.71. The van der Waals surface area contributed by atoms with Gasteiger partial charge in [-0.1, -0.05) is 0 Å². The highest BCUT2D eigenvalue weighted by Crippen LogP contribution is 2.25. The minimum atomic E-state index is -0.754. The number of carboxylic acid groups (broad SMARTS) is 1. The fourth-order valence-electron chi connectivity index (χ4n) is 3.26. The number of hydrogen-bond acceptors (Lipinski definition) is 7. The first kappa shape index (κ1) is 18.2. The quantitative estimate of drug-likeness (QED) is 0.812. The normalized spacial score (nSPS) is 17.8. The van der Waals surface area contributed by atoms with Gasteiger partial charge in [-0.3, -0.25) is 9.78 Å². The average molecular weight is 356 g/mol. The van der Waals surface area contributed by atoms with Crippen molar-refractivity contribution in [3.8, 4) is 0 Å². The molecule has 3 rings (SSSR count). The van der Waals surface area contributed by atoms with Gasteiger partial charge in [-0.25, -0.2) is 15.0 Å². The molecular formula is C18H24N6O2. The number of aryl methyl sites for hydroxylation is 2. The molecule has 0 aromatic carbocycles. The summed E-state index contributed by atoms with van der Waals surface area (Å²) in [4.78, 5) is 30.6. The van der Waals surface area contributed by atoms with Crippen molar-refractivity contribution in [3.63, 3.8) is 0 Å². The van der Waals surface area contributed by atoms with E-state index < -0.39 is 5.97 Å². The maximum Gasteiger partial charge on any atom is 0.304 e. The van der Waals surface area contributed by atoms with E-state index >= 15 is 0 Å². The van der Waals surface area contributed by atoms with Gasteiger partial charge in [0.15, 0.2) is 5.82 Å². The summed E-state index contributed by atoms with van der Waals surface area (Å²) in [6, 6.07) is 1.92. The van der Waals surface area contributed by atoms with Gasteiger partial charge in [-0.05, 0) is 39.3 Å². The van der Waals surface area contributed by atoms with E-state index in [2.05, 4.69) is 30.2 Å². The second-order valence-electron chi connectivity index (χ2n) is 6.71. The van der Waals surface area contributed by atoms with Crippen molar-refractivity contribution in [2.24, 2.45) is 0 Å². The number of carbonyl (C=O) groups is 1. The van der Waals surface area contributed by atoms with Gasteiger partial charge in [0.2, 0.25) is 5.95 Å². The molecule has 0 aliphatic carbocycles. The number of piperidine rings is 1. The topological polar surface area (TPSA) is 104 Å². The number of aromatic nitrogens is 4. The van der Waals surface area contributed by atoms with Crippen LogP contribution in [0, 0.1) is 13.8 Å². The largest absolute Gasteiger partial charge is 0.481 e. The van der Waals surface area contributed by atoms with Gasteiger partial charge in [0, 0.05) is 30.4 Å². The van der Waals surface area contributed by atoms with Crippen LogP contribution in [0.5, 0.6) is 0 Å². The summed E-state index contributed by atoms with van der Waals surface area (Å²) in [5.74, 6) is 0.659. The summed E-state index contributed by atoms with van der Waals surface area (Å²) in [6.07, 6.45) is 5.76. The first-order valence-electron chi connectivity index (χ1n) is 8.85. The van der Waals surface area contributed by atoms with Crippen LogP contribution in [0.4, 0.5) is 11.8 Å². The Labute approximate surface area is 152 Å². The highest BCUT2D eigenvalue weighted by Gasteiger charge is 2.23. The van der Waals surface area contributed by atoms with Crippen LogP contribution in [-0.2, 0) is 4.79 Å². The molecule has 0 saturated carbocycles. The summed E-state index contributed by atoms with van der Waals surface area (Å²) in [7, 11) is 0. The summed E-state index contributed by atoms with van der Waals surface area (Å²) in [5.41, 5.74) is 2.73. The van der Waals surface area contributed by atoms with Crippen LogP contribution < -0.4 is 5.32 Å². The highest BCUT2D eigenvalue weighted by molar-refractivity contribution is 5.66. The number of aliphatic carboxylic acids is 1. The van der Waals surface area contributed by atoms with Gasteiger partial charge in [0.05, 0.1) is 24.5 Å². The van der Waals surface area contributed by atoms with E-state index in [-0.39, 0.29) is 12.3 Å². The Balaban J connectivity index is 1.62. The van der Waals surface area contributed by atoms with Crippen LogP contribution in [0.2, 0.25) is 0 Å². The molecule has 3 heterocycles. The fraction of sp³-hybridized carbons (Fsp3) is 0.500. The van der Waals surface area contributed by atoms with E-state index in [1.165, 1.54) is 0 Å². The van der Waals surface area contributed by atoms with Crippen molar-refractivity contribution < 1.29 is 9.90 Å². The Hall–Kier alpha value is -2.61. The van der Waals surface area contributed by atoms with Crippen LogP contribution in [0.25, 0.3) is 0 Å². The molecule has 8 nitrogen and oxygen atoms in total. The smallest absolute Gasteiger partial charge is 0.304 e. The lowest BCUT2D eigenvalue weighted by molar-refractivity contribution is -0.137. The molecule has 0 amide bonds. The van der Waals surface area contributed by atoms with Gasteiger partial charge in [-0.15, -0.1) is 0 Å². The third-order valence-corrected chi connectivity index (χ3v) is 4.46.